The number of nitrogens with two attached hydrogens (primary N) is 1. The number of hydrogen-bond donors (Lipinski definition) is 3. The number of methoxy groups -OCH3 is 1. The average Bonchev–Trinajstić information content (AvgIpc) is 2.12. The number of rotatable bonds is 4. The maximum absolute atomic E-state index is 10.0. The molecule has 7 heteroatoms. The van der Waals surface area contributed by atoms with E-state index in [1.807, 2.05) is 0 Å². The second kappa shape index (κ2) is 11.8. The van der Waals surface area contributed by atoms with Crippen molar-refractivity contribution in [3.05, 3.63) is 0 Å². The Morgan fingerprint density at radius 1 is 1.14 bits per heavy atom. The number of amides is 2. The fourth-order valence-corrected chi connectivity index (χ4v) is 0.317. The minimum absolute atomic E-state index is 0.0677. The summed E-state index contributed by atoms with van der Waals surface area (Å²) in [6.07, 6.45) is 0. The zero-order valence-electron chi connectivity index (χ0n) is 8.62. The van der Waals surface area contributed by atoms with Crippen molar-refractivity contribution in [1.29, 1.82) is 0 Å². The molecule has 0 bridgehead atoms. The van der Waals surface area contributed by atoms with Crippen molar-refractivity contribution in [3.8, 4) is 0 Å². The Bertz CT molecular complexity index is 145. The second-order valence-corrected chi connectivity index (χ2v) is 2.21. The molecule has 0 saturated carbocycles. The third-order valence-corrected chi connectivity index (χ3v) is 0.870. The van der Waals surface area contributed by atoms with Gasteiger partial charge in [-0.3, -0.25) is 14.4 Å². The van der Waals surface area contributed by atoms with Crippen molar-refractivity contribution >= 4 is 11.8 Å². The first-order valence-electron chi connectivity index (χ1n) is 3.84. The lowest BCUT2D eigenvalue weighted by atomic mass is 10.7. The molecule has 0 saturated heterocycles. The molecule has 0 aromatic heterocycles. The lowest BCUT2D eigenvalue weighted by molar-refractivity contribution is -0.121. The summed E-state index contributed by atoms with van der Waals surface area (Å²) in [5, 5.41) is 4.74. The summed E-state index contributed by atoms with van der Waals surface area (Å²) in [5.74, 6) is 4.35. The summed E-state index contributed by atoms with van der Waals surface area (Å²) >= 11 is 0. The zero-order valence-corrected chi connectivity index (χ0v) is 8.62. The average molecular weight is 207 g/mol. The molecule has 2 amide bonds. The molecule has 0 aromatic rings. The normalized spacial score (nSPS) is 8.29. The quantitative estimate of drug-likeness (QED) is 0.392. The van der Waals surface area contributed by atoms with E-state index in [4.69, 9.17) is 0 Å². The Hall–Kier alpha value is -1.18. The third-order valence-electron chi connectivity index (χ3n) is 0.870. The highest BCUT2D eigenvalue weighted by atomic mass is 16.6. The summed E-state index contributed by atoms with van der Waals surface area (Å²) in [5.41, 5.74) is 0. The van der Waals surface area contributed by atoms with E-state index < -0.39 is 0 Å². The van der Waals surface area contributed by atoms with Crippen LogP contribution in [0.25, 0.3) is 0 Å². The van der Waals surface area contributed by atoms with Crippen LogP contribution in [0.1, 0.15) is 13.8 Å². The Labute approximate surface area is 82.9 Å². The van der Waals surface area contributed by atoms with Gasteiger partial charge in [-0.2, -0.15) is 0 Å². The van der Waals surface area contributed by atoms with Crippen LogP contribution in [0.2, 0.25) is 0 Å². The van der Waals surface area contributed by atoms with Gasteiger partial charge in [-0.15, -0.1) is 0 Å². The second-order valence-electron chi connectivity index (χ2n) is 2.21. The smallest absolute Gasteiger partial charge is 0.218 e. The fourth-order valence-electron chi connectivity index (χ4n) is 0.317. The minimum atomic E-state index is -0.148. The van der Waals surface area contributed by atoms with Crippen molar-refractivity contribution in [2.45, 2.75) is 13.8 Å². The molecule has 0 unspecified atom stereocenters. The Balaban J connectivity index is 0. The number of hydrogen-bond acceptors (Lipinski definition) is 5. The summed E-state index contributed by atoms with van der Waals surface area (Å²) in [6, 6.07) is 0. The van der Waals surface area contributed by atoms with Crippen LogP contribution in [-0.2, 0) is 19.2 Å². The molecule has 0 aliphatic rings. The van der Waals surface area contributed by atoms with Gasteiger partial charge in [0, 0.05) is 21.0 Å². The number of carbonyl (C=O) groups excluding carboxylic acids is 2. The molecule has 84 valence electrons. The Morgan fingerprint density at radius 2 is 1.57 bits per heavy atom. The predicted octanol–water partition coefficient (Wildman–Crippen LogP) is -1.30. The van der Waals surface area contributed by atoms with Gasteiger partial charge < -0.3 is 15.4 Å². The predicted molar refractivity (Wildman–Crippen MR) is 49.6 cm³/mol. The molecule has 14 heavy (non-hydrogen) atoms. The van der Waals surface area contributed by atoms with Crippen molar-refractivity contribution in [1.82, 2.24) is 10.6 Å². The zero-order chi connectivity index (χ0) is 11.4. The molecule has 0 aliphatic heterocycles. The number of carbonyl (C=O) groups is 2. The van der Waals surface area contributed by atoms with Crippen LogP contribution in [0.5, 0.6) is 0 Å². The minimum Gasteiger partial charge on any atom is -0.364 e. The van der Waals surface area contributed by atoms with Crippen LogP contribution in [0.4, 0.5) is 0 Å². The number of ether oxygens (including phenoxy) is 1. The molecule has 0 spiro atoms. The summed E-state index contributed by atoms with van der Waals surface area (Å²) in [6.45, 7) is 3.21. The topological polar surface area (TPSA) is 103 Å². The van der Waals surface area contributed by atoms with Gasteiger partial charge in [0.2, 0.25) is 11.8 Å². The van der Waals surface area contributed by atoms with Gasteiger partial charge in [0.15, 0.2) is 0 Å². The summed E-state index contributed by atoms with van der Waals surface area (Å²) < 4.78 is 4.52. The van der Waals surface area contributed by atoms with Crippen LogP contribution in [-0.4, -0.2) is 32.4 Å². The Kier molecular flexibility index (Phi) is 12.9. The van der Waals surface area contributed by atoms with Crippen molar-refractivity contribution < 1.29 is 19.2 Å². The molecule has 0 rings (SSSR count). The van der Waals surface area contributed by atoms with E-state index in [0.29, 0.717) is 6.73 Å². The van der Waals surface area contributed by atoms with Crippen LogP contribution in [0.15, 0.2) is 0 Å². The maximum Gasteiger partial charge on any atom is 0.218 e. The van der Waals surface area contributed by atoms with E-state index in [1.165, 1.54) is 21.0 Å². The van der Waals surface area contributed by atoms with Crippen LogP contribution in [0, 0.1) is 0 Å². The van der Waals surface area contributed by atoms with Crippen LogP contribution >= 0.6 is 0 Å². The molecular formula is C7H17N3O4. The van der Waals surface area contributed by atoms with E-state index >= 15 is 0 Å². The first kappa shape index (κ1) is 15.3. The lowest BCUT2D eigenvalue weighted by Gasteiger charge is -1.95. The first-order valence-corrected chi connectivity index (χ1v) is 3.84. The number of nitrogens with one attached hydrogen (secondary N) is 2. The largest absolute Gasteiger partial charge is 0.364 e. The van der Waals surface area contributed by atoms with Gasteiger partial charge in [0.25, 0.3) is 0 Å². The molecule has 0 aromatic carbocycles. The monoisotopic (exact) mass is 207 g/mol. The van der Waals surface area contributed by atoms with Gasteiger partial charge in [-0.05, 0) is 0 Å². The van der Waals surface area contributed by atoms with Crippen molar-refractivity contribution in [2.24, 2.45) is 5.90 Å². The lowest BCUT2D eigenvalue weighted by Crippen LogP contribution is -2.24. The highest BCUT2D eigenvalue weighted by Crippen LogP contribution is 1.59. The standard InChI is InChI=1S/C4H9NO2.C3H8N2O2/c1-4(6)5-3-7-2;1-3(6)5-2-7-4/h3H2,1-2H3,(H,5,6);2,4H2,1H3,(H,5,6). The van der Waals surface area contributed by atoms with E-state index in [1.54, 1.807) is 0 Å². The van der Waals surface area contributed by atoms with Crippen LogP contribution in [0.3, 0.4) is 0 Å². The van der Waals surface area contributed by atoms with Crippen molar-refractivity contribution in [3.63, 3.8) is 0 Å². The third kappa shape index (κ3) is 22.4. The van der Waals surface area contributed by atoms with Gasteiger partial charge in [0.1, 0.15) is 13.5 Å². The molecule has 0 aliphatic carbocycles. The molecule has 0 atom stereocenters. The molecule has 0 radical (unpaired) electrons. The van der Waals surface area contributed by atoms with Gasteiger partial charge in [-0.1, -0.05) is 0 Å². The van der Waals surface area contributed by atoms with Crippen LogP contribution < -0.4 is 16.5 Å². The molecular weight excluding hydrogens is 190 g/mol. The maximum atomic E-state index is 10.0. The van der Waals surface area contributed by atoms with Gasteiger partial charge in [-0.25, -0.2) is 5.90 Å². The van der Waals surface area contributed by atoms with Gasteiger partial charge >= 0.3 is 0 Å². The van der Waals surface area contributed by atoms with Gasteiger partial charge in [0.05, 0.1) is 0 Å². The first-order chi connectivity index (χ1) is 6.54. The van der Waals surface area contributed by atoms with E-state index in [9.17, 15) is 9.59 Å². The highest BCUT2D eigenvalue weighted by molar-refractivity contribution is 5.72. The van der Waals surface area contributed by atoms with E-state index in [-0.39, 0.29) is 18.5 Å². The fraction of sp³-hybridized carbons (Fsp3) is 0.714. The molecule has 0 heterocycles. The van der Waals surface area contributed by atoms with Crippen molar-refractivity contribution in [2.75, 3.05) is 20.6 Å². The SMILES string of the molecule is CC(=O)NCON.COCNC(C)=O. The Morgan fingerprint density at radius 3 is 1.71 bits per heavy atom. The molecule has 4 N–H and O–H groups in total. The molecule has 7 nitrogen and oxygen atoms in total. The van der Waals surface area contributed by atoms with E-state index in [2.05, 4.69) is 26.1 Å². The summed E-state index contributed by atoms with van der Waals surface area (Å²) in [4.78, 5) is 24.0. The highest BCUT2D eigenvalue weighted by Gasteiger charge is 1.83. The molecule has 0 fully saturated rings. The van der Waals surface area contributed by atoms with E-state index in [0.717, 1.165) is 0 Å². The summed E-state index contributed by atoms with van der Waals surface area (Å²) in [7, 11) is 1.52.